The standard InChI is InChI=1S/C13H15N3O2S/c17-13(10-8-18-6-5-14-10)15-7-12-16-9-3-1-2-4-11(9)19-12/h1-4,10,14H,5-8H2,(H,15,17). The van der Waals surface area contributed by atoms with Gasteiger partial charge in [0.05, 0.1) is 30.0 Å². The molecule has 0 spiro atoms. The van der Waals surface area contributed by atoms with Crippen LogP contribution < -0.4 is 10.6 Å². The van der Waals surface area contributed by atoms with Crippen LogP contribution in [-0.2, 0) is 16.1 Å². The van der Waals surface area contributed by atoms with Crippen LogP contribution in [0.2, 0.25) is 0 Å². The van der Waals surface area contributed by atoms with Gasteiger partial charge >= 0.3 is 0 Å². The first kappa shape index (κ1) is 12.5. The summed E-state index contributed by atoms with van der Waals surface area (Å²) in [6.07, 6.45) is 0. The third-order valence-corrected chi connectivity index (χ3v) is 4.03. The smallest absolute Gasteiger partial charge is 0.239 e. The number of rotatable bonds is 3. The van der Waals surface area contributed by atoms with Gasteiger partial charge in [-0.25, -0.2) is 4.98 Å². The van der Waals surface area contributed by atoms with Gasteiger partial charge in [0, 0.05) is 6.54 Å². The summed E-state index contributed by atoms with van der Waals surface area (Å²) in [5.41, 5.74) is 0.982. The Balaban J connectivity index is 1.60. The minimum Gasteiger partial charge on any atom is -0.378 e. The van der Waals surface area contributed by atoms with Crippen LogP contribution in [0, 0.1) is 0 Å². The van der Waals surface area contributed by atoms with Crippen LogP contribution in [0.15, 0.2) is 24.3 Å². The predicted molar refractivity (Wildman–Crippen MR) is 74.1 cm³/mol. The van der Waals surface area contributed by atoms with E-state index in [1.165, 1.54) is 0 Å². The van der Waals surface area contributed by atoms with Crippen molar-refractivity contribution in [2.24, 2.45) is 0 Å². The molecule has 19 heavy (non-hydrogen) atoms. The molecule has 0 bridgehead atoms. The summed E-state index contributed by atoms with van der Waals surface area (Å²) in [5, 5.41) is 6.95. The molecule has 100 valence electrons. The van der Waals surface area contributed by atoms with Crippen molar-refractivity contribution in [2.45, 2.75) is 12.6 Å². The van der Waals surface area contributed by atoms with E-state index >= 15 is 0 Å². The lowest BCUT2D eigenvalue weighted by Gasteiger charge is -2.22. The molecule has 1 aliphatic rings. The average Bonchev–Trinajstić information content (AvgIpc) is 2.88. The predicted octanol–water partition coefficient (Wildman–Crippen LogP) is 0.901. The van der Waals surface area contributed by atoms with Gasteiger partial charge in [0.15, 0.2) is 0 Å². The van der Waals surface area contributed by atoms with E-state index in [0.717, 1.165) is 21.8 Å². The number of nitrogens with zero attached hydrogens (tertiary/aromatic N) is 1. The Morgan fingerprint density at radius 1 is 1.53 bits per heavy atom. The van der Waals surface area contributed by atoms with E-state index in [0.29, 0.717) is 19.8 Å². The zero-order valence-electron chi connectivity index (χ0n) is 10.4. The number of amides is 1. The highest BCUT2D eigenvalue weighted by atomic mass is 32.1. The lowest BCUT2D eigenvalue weighted by molar-refractivity contribution is -0.126. The number of para-hydroxylation sites is 1. The second-order valence-corrected chi connectivity index (χ2v) is 5.49. The van der Waals surface area contributed by atoms with Gasteiger partial charge in [0.2, 0.25) is 5.91 Å². The molecule has 1 saturated heterocycles. The Morgan fingerprint density at radius 2 is 2.42 bits per heavy atom. The number of aromatic nitrogens is 1. The molecule has 0 aliphatic carbocycles. The van der Waals surface area contributed by atoms with Crippen LogP contribution in [-0.4, -0.2) is 36.7 Å². The SMILES string of the molecule is O=C(NCc1nc2ccccc2s1)C1COCCN1. The van der Waals surface area contributed by atoms with Crippen molar-refractivity contribution in [3.05, 3.63) is 29.3 Å². The van der Waals surface area contributed by atoms with E-state index in [-0.39, 0.29) is 11.9 Å². The molecule has 1 fully saturated rings. The van der Waals surface area contributed by atoms with Crippen molar-refractivity contribution in [3.8, 4) is 0 Å². The zero-order valence-corrected chi connectivity index (χ0v) is 11.2. The molecule has 1 atom stereocenters. The van der Waals surface area contributed by atoms with Gasteiger partial charge in [0.1, 0.15) is 11.0 Å². The van der Waals surface area contributed by atoms with Crippen LogP contribution >= 0.6 is 11.3 Å². The monoisotopic (exact) mass is 277 g/mol. The molecule has 2 N–H and O–H groups in total. The first-order chi connectivity index (χ1) is 9.33. The van der Waals surface area contributed by atoms with Crippen molar-refractivity contribution in [1.82, 2.24) is 15.6 Å². The molecule has 1 amide bonds. The van der Waals surface area contributed by atoms with Crippen molar-refractivity contribution >= 4 is 27.5 Å². The fourth-order valence-electron chi connectivity index (χ4n) is 2.02. The minimum absolute atomic E-state index is 0.0287. The van der Waals surface area contributed by atoms with Crippen molar-refractivity contribution in [2.75, 3.05) is 19.8 Å². The summed E-state index contributed by atoms with van der Waals surface area (Å²) in [4.78, 5) is 16.4. The third kappa shape index (κ3) is 2.91. The summed E-state index contributed by atoms with van der Waals surface area (Å²) in [6.45, 7) is 2.29. The number of nitrogens with one attached hydrogen (secondary N) is 2. The average molecular weight is 277 g/mol. The number of morpholine rings is 1. The number of hydrogen-bond acceptors (Lipinski definition) is 5. The fraction of sp³-hybridized carbons (Fsp3) is 0.385. The van der Waals surface area contributed by atoms with E-state index in [2.05, 4.69) is 15.6 Å². The van der Waals surface area contributed by atoms with E-state index in [9.17, 15) is 4.79 Å². The van der Waals surface area contributed by atoms with Crippen LogP contribution in [0.3, 0.4) is 0 Å². The summed E-state index contributed by atoms with van der Waals surface area (Å²) in [5.74, 6) is -0.0287. The molecular weight excluding hydrogens is 262 g/mol. The van der Waals surface area contributed by atoms with E-state index in [4.69, 9.17) is 4.74 Å². The van der Waals surface area contributed by atoms with Gasteiger partial charge in [-0.3, -0.25) is 4.79 Å². The van der Waals surface area contributed by atoms with E-state index in [1.807, 2.05) is 24.3 Å². The maximum atomic E-state index is 11.9. The summed E-state index contributed by atoms with van der Waals surface area (Å²) >= 11 is 1.61. The van der Waals surface area contributed by atoms with E-state index in [1.54, 1.807) is 11.3 Å². The number of thiazole rings is 1. The second-order valence-electron chi connectivity index (χ2n) is 4.37. The highest BCUT2D eigenvalue weighted by molar-refractivity contribution is 7.18. The molecule has 2 aromatic rings. The minimum atomic E-state index is -0.247. The first-order valence-electron chi connectivity index (χ1n) is 6.26. The largest absolute Gasteiger partial charge is 0.378 e. The highest BCUT2D eigenvalue weighted by Gasteiger charge is 2.20. The third-order valence-electron chi connectivity index (χ3n) is 2.99. The maximum Gasteiger partial charge on any atom is 0.239 e. The van der Waals surface area contributed by atoms with Crippen LogP contribution in [0.4, 0.5) is 0 Å². The number of benzene rings is 1. The molecular formula is C13H15N3O2S. The van der Waals surface area contributed by atoms with Crippen molar-refractivity contribution in [3.63, 3.8) is 0 Å². The van der Waals surface area contributed by atoms with Gasteiger partial charge < -0.3 is 15.4 Å². The van der Waals surface area contributed by atoms with E-state index < -0.39 is 0 Å². The molecule has 6 heteroatoms. The number of fused-ring (bicyclic) bond motifs is 1. The molecule has 1 unspecified atom stereocenters. The number of hydrogen-bond donors (Lipinski definition) is 2. The van der Waals surface area contributed by atoms with Crippen LogP contribution in [0.1, 0.15) is 5.01 Å². The Morgan fingerprint density at radius 3 is 3.21 bits per heavy atom. The molecule has 1 aromatic heterocycles. The molecule has 5 nitrogen and oxygen atoms in total. The first-order valence-corrected chi connectivity index (χ1v) is 7.08. The molecule has 1 aliphatic heterocycles. The number of carbonyl (C=O) groups excluding carboxylic acids is 1. The lowest BCUT2D eigenvalue weighted by atomic mass is 10.2. The Bertz CT molecular complexity index is 545. The van der Waals surface area contributed by atoms with Crippen LogP contribution in [0.5, 0.6) is 0 Å². The maximum absolute atomic E-state index is 11.9. The summed E-state index contributed by atoms with van der Waals surface area (Å²) in [6, 6.07) is 7.73. The van der Waals surface area contributed by atoms with Crippen molar-refractivity contribution < 1.29 is 9.53 Å². The molecule has 1 aromatic carbocycles. The second kappa shape index (κ2) is 5.64. The van der Waals surface area contributed by atoms with Gasteiger partial charge in [-0.1, -0.05) is 12.1 Å². The molecule has 0 radical (unpaired) electrons. The lowest BCUT2D eigenvalue weighted by Crippen LogP contribution is -2.51. The Hall–Kier alpha value is -1.50. The Labute approximate surface area is 115 Å². The Kier molecular flexibility index (Phi) is 3.72. The summed E-state index contributed by atoms with van der Waals surface area (Å²) < 4.78 is 6.41. The highest BCUT2D eigenvalue weighted by Crippen LogP contribution is 2.21. The molecule has 0 saturated carbocycles. The number of ether oxygens (including phenoxy) is 1. The number of carbonyl (C=O) groups is 1. The molecule has 2 heterocycles. The van der Waals surface area contributed by atoms with Gasteiger partial charge in [-0.05, 0) is 12.1 Å². The van der Waals surface area contributed by atoms with Crippen LogP contribution in [0.25, 0.3) is 10.2 Å². The van der Waals surface area contributed by atoms with Gasteiger partial charge in [0.25, 0.3) is 0 Å². The van der Waals surface area contributed by atoms with Gasteiger partial charge in [-0.2, -0.15) is 0 Å². The molecule has 3 rings (SSSR count). The fourth-order valence-corrected chi connectivity index (χ4v) is 2.92. The zero-order chi connectivity index (χ0) is 13.1. The quantitative estimate of drug-likeness (QED) is 0.875. The normalized spacial score (nSPS) is 19.5. The summed E-state index contributed by atoms with van der Waals surface area (Å²) in [7, 11) is 0. The topological polar surface area (TPSA) is 63.2 Å². The van der Waals surface area contributed by atoms with Gasteiger partial charge in [-0.15, -0.1) is 11.3 Å². The van der Waals surface area contributed by atoms with Crippen molar-refractivity contribution in [1.29, 1.82) is 0 Å².